The summed E-state index contributed by atoms with van der Waals surface area (Å²) in [6.07, 6.45) is 4.67. The normalized spacial score (nSPS) is 17.8. The maximum atomic E-state index is 9.96. The molecule has 1 aliphatic carbocycles. The molecule has 2 aromatic carbocycles. The summed E-state index contributed by atoms with van der Waals surface area (Å²) in [4.78, 5) is 0. The van der Waals surface area contributed by atoms with Crippen LogP contribution in [-0.2, 0) is 5.41 Å². The highest BCUT2D eigenvalue weighted by molar-refractivity contribution is 5.47. The van der Waals surface area contributed by atoms with Gasteiger partial charge in [0.05, 0.1) is 0 Å². The van der Waals surface area contributed by atoms with Crippen LogP contribution in [0.4, 0.5) is 0 Å². The van der Waals surface area contributed by atoms with Crippen molar-refractivity contribution in [2.45, 2.75) is 58.8 Å². The number of hydrogen-bond donors (Lipinski definition) is 2. The summed E-state index contributed by atoms with van der Waals surface area (Å²) in [7, 11) is 0. The Kier molecular flexibility index (Phi) is 4.81. The Morgan fingerprint density at radius 2 is 1.28 bits per heavy atom. The fraction of sp³-hybridized carbons (Fsp3) is 0.478. The van der Waals surface area contributed by atoms with E-state index in [1.165, 1.54) is 24.0 Å². The minimum Gasteiger partial charge on any atom is -0.508 e. The van der Waals surface area contributed by atoms with Crippen LogP contribution in [0.1, 0.15) is 61.8 Å². The predicted molar refractivity (Wildman–Crippen MR) is 103 cm³/mol. The van der Waals surface area contributed by atoms with Crippen molar-refractivity contribution in [1.82, 2.24) is 0 Å². The Morgan fingerprint density at radius 1 is 0.840 bits per heavy atom. The van der Waals surface area contributed by atoms with Crippen LogP contribution in [0.15, 0.2) is 36.4 Å². The highest BCUT2D eigenvalue weighted by atomic mass is 16.3. The molecule has 1 saturated carbocycles. The minimum atomic E-state index is -0.0255. The molecule has 2 N–H and O–H groups in total. The molecule has 134 valence electrons. The lowest BCUT2D eigenvalue weighted by Gasteiger charge is -2.43. The van der Waals surface area contributed by atoms with Gasteiger partial charge in [-0.3, -0.25) is 0 Å². The van der Waals surface area contributed by atoms with Crippen molar-refractivity contribution in [1.29, 1.82) is 0 Å². The first-order valence-electron chi connectivity index (χ1n) is 9.43. The summed E-state index contributed by atoms with van der Waals surface area (Å²) in [6, 6.07) is 12.1. The van der Waals surface area contributed by atoms with Gasteiger partial charge in [-0.25, -0.2) is 0 Å². The number of aryl methyl sites for hydroxylation is 2. The Balaban J connectivity index is 2.08. The van der Waals surface area contributed by atoms with Gasteiger partial charge in [-0.05, 0) is 85.8 Å². The van der Waals surface area contributed by atoms with Crippen molar-refractivity contribution >= 4 is 0 Å². The van der Waals surface area contributed by atoms with Crippen LogP contribution in [0.2, 0.25) is 0 Å². The maximum absolute atomic E-state index is 9.96. The zero-order chi connectivity index (χ0) is 18.2. The van der Waals surface area contributed by atoms with E-state index in [9.17, 15) is 10.2 Å². The first-order valence-corrected chi connectivity index (χ1v) is 9.43. The molecule has 25 heavy (non-hydrogen) atoms. The number of hydrogen-bond acceptors (Lipinski definition) is 2. The van der Waals surface area contributed by atoms with Crippen molar-refractivity contribution in [2.75, 3.05) is 0 Å². The molecular weight excluding hydrogens is 308 g/mol. The van der Waals surface area contributed by atoms with E-state index in [-0.39, 0.29) is 5.41 Å². The van der Waals surface area contributed by atoms with Gasteiger partial charge in [0.25, 0.3) is 0 Å². The van der Waals surface area contributed by atoms with E-state index >= 15 is 0 Å². The van der Waals surface area contributed by atoms with Crippen LogP contribution in [0.3, 0.4) is 0 Å². The molecule has 0 spiro atoms. The Labute approximate surface area is 151 Å². The minimum absolute atomic E-state index is 0.0255. The van der Waals surface area contributed by atoms with Gasteiger partial charge in [0, 0.05) is 5.41 Å². The summed E-state index contributed by atoms with van der Waals surface area (Å²) in [5.74, 6) is 2.22. The molecule has 0 radical (unpaired) electrons. The summed E-state index contributed by atoms with van der Waals surface area (Å²) in [5.41, 5.74) is 4.41. The lowest BCUT2D eigenvalue weighted by Crippen LogP contribution is -2.34. The highest BCUT2D eigenvalue weighted by Crippen LogP contribution is 2.49. The van der Waals surface area contributed by atoms with Crippen LogP contribution >= 0.6 is 0 Å². The van der Waals surface area contributed by atoms with Crippen molar-refractivity contribution < 1.29 is 10.2 Å². The van der Waals surface area contributed by atoms with Gasteiger partial charge in [-0.1, -0.05) is 38.1 Å². The third-order valence-electron chi connectivity index (χ3n) is 6.33. The Hall–Kier alpha value is -1.96. The van der Waals surface area contributed by atoms with Crippen LogP contribution in [0.25, 0.3) is 0 Å². The van der Waals surface area contributed by atoms with Gasteiger partial charge in [-0.2, -0.15) is 0 Å². The largest absolute Gasteiger partial charge is 0.508 e. The maximum Gasteiger partial charge on any atom is 0.118 e. The Bertz CT molecular complexity index is 699. The zero-order valence-corrected chi connectivity index (χ0v) is 15.8. The van der Waals surface area contributed by atoms with E-state index in [0.717, 1.165) is 35.8 Å². The molecule has 0 bridgehead atoms. The van der Waals surface area contributed by atoms with Gasteiger partial charge in [0.15, 0.2) is 0 Å². The molecule has 3 rings (SSSR count). The molecule has 2 nitrogen and oxygen atoms in total. The molecule has 1 fully saturated rings. The van der Waals surface area contributed by atoms with E-state index in [4.69, 9.17) is 0 Å². The SMILES string of the molecule is Cc1cc(C2(c3ccc(O)c(C)c3)CCC(C(C)C)CC2)ccc1O. The standard InChI is InChI=1S/C23H30O2/c1-15(2)18-9-11-23(12-10-18,19-5-7-21(24)16(3)13-19)20-6-8-22(25)17(4)14-20/h5-8,13-15,18,24-25H,9-12H2,1-4H3. The molecule has 2 heteroatoms. The van der Waals surface area contributed by atoms with Gasteiger partial charge in [-0.15, -0.1) is 0 Å². The number of phenols is 2. The highest BCUT2D eigenvalue weighted by Gasteiger charge is 2.39. The second-order valence-corrected chi connectivity index (χ2v) is 8.17. The lowest BCUT2D eigenvalue weighted by molar-refractivity contribution is 0.217. The molecule has 0 aromatic heterocycles. The summed E-state index contributed by atoms with van der Waals surface area (Å²) in [5, 5.41) is 19.9. The third kappa shape index (κ3) is 3.27. The first-order chi connectivity index (χ1) is 11.8. The summed E-state index contributed by atoms with van der Waals surface area (Å²) >= 11 is 0. The number of phenolic OH excluding ortho intramolecular Hbond substituents is 2. The van der Waals surface area contributed by atoms with Crippen molar-refractivity contribution in [2.24, 2.45) is 11.8 Å². The van der Waals surface area contributed by atoms with Crippen molar-refractivity contribution in [3.8, 4) is 11.5 Å². The smallest absolute Gasteiger partial charge is 0.118 e. The van der Waals surface area contributed by atoms with Gasteiger partial charge in [0.2, 0.25) is 0 Å². The fourth-order valence-electron chi connectivity index (χ4n) is 4.45. The molecule has 0 saturated heterocycles. The van der Waals surface area contributed by atoms with Gasteiger partial charge >= 0.3 is 0 Å². The fourth-order valence-corrected chi connectivity index (χ4v) is 4.45. The number of benzene rings is 2. The van der Waals surface area contributed by atoms with Crippen LogP contribution in [0, 0.1) is 25.7 Å². The monoisotopic (exact) mass is 338 g/mol. The van der Waals surface area contributed by atoms with E-state index in [1.807, 2.05) is 26.0 Å². The van der Waals surface area contributed by atoms with Crippen LogP contribution in [-0.4, -0.2) is 10.2 Å². The average molecular weight is 338 g/mol. The zero-order valence-electron chi connectivity index (χ0n) is 15.8. The topological polar surface area (TPSA) is 40.5 Å². The molecule has 0 unspecified atom stereocenters. The molecule has 0 aliphatic heterocycles. The average Bonchev–Trinajstić information content (AvgIpc) is 2.59. The molecule has 0 heterocycles. The molecule has 2 aromatic rings. The second-order valence-electron chi connectivity index (χ2n) is 8.17. The van der Waals surface area contributed by atoms with E-state index < -0.39 is 0 Å². The molecule has 0 amide bonds. The second kappa shape index (κ2) is 6.74. The molecule has 1 aliphatic rings. The third-order valence-corrected chi connectivity index (χ3v) is 6.33. The van der Waals surface area contributed by atoms with Crippen LogP contribution in [0.5, 0.6) is 11.5 Å². The first kappa shape index (κ1) is 17.8. The molecule has 0 atom stereocenters. The lowest BCUT2D eigenvalue weighted by atomic mass is 9.61. The predicted octanol–water partition coefficient (Wildman–Crippen LogP) is 5.85. The van der Waals surface area contributed by atoms with Crippen molar-refractivity contribution in [3.63, 3.8) is 0 Å². The van der Waals surface area contributed by atoms with E-state index in [2.05, 4.69) is 38.1 Å². The van der Waals surface area contributed by atoms with E-state index in [1.54, 1.807) is 0 Å². The van der Waals surface area contributed by atoms with Gasteiger partial charge in [0.1, 0.15) is 11.5 Å². The van der Waals surface area contributed by atoms with Gasteiger partial charge < -0.3 is 10.2 Å². The van der Waals surface area contributed by atoms with Crippen molar-refractivity contribution in [3.05, 3.63) is 58.7 Å². The quantitative estimate of drug-likeness (QED) is 0.737. The number of aromatic hydroxyl groups is 2. The summed E-state index contributed by atoms with van der Waals surface area (Å²) < 4.78 is 0. The summed E-state index contributed by atoms with van der Waals surface area (Å²) in [6.45, 7) is 8.59. The number of rotatable bonds is 3. The van der Waals surface area contributed by atoms with Crippen LogP contribution < -0.4 is 0 Å². The Morgan fingerprint density at radius 3 is 1.64 bits per heavy atom. The van der Waals surface area contributed by atoms with E-state index in [0.29, 0.717) is 11.5 Å². The molecular formula is C23H30O2.